The van der Waals surface area contributed by atoms with Crippen molar-refractivity contribution in [1.29, 1.82) is 0 Å². The molecule has 21 heavy (non-hydrogen) atoms. The third kappa shape index (κ3) is 2.62. The Labute approximate surface area is 126 Å². The lowest BCUT2D eigenvalue weighted by molar-refractivity contribution is 0.364. The van der Waals surface area contributed by atoms with Gasteiger partial charge in [0.1, 0.15) is 5.82 Å². The maximum atomic E-state index is 4.34. The highest BCUT2D eigenvalue weighted by Gasteiger charge is 2.43. The van der Waals surface area contributed by atoms with Crippen LogP contribution in [-0.4, -0.2) is 22.1 Å². The number of hydrogen-bond acceptors (Lipinski definition) is 2. The van der Waals surface area contributed by atoms with Crippen molar-refractivity contribution in [1.82, 2.24) is 14.9 Å². The van der Waals surface area contributed by atoms with Gasteiger partial charge in [-0.25, -0.2) is 4.98 Å². The first-order valence-electron chi connectivity index (χ1n) is 8.02. The highest BCUT2D eigenvalue weighted by atomic mass is 15.1. The predicted molar refractivity (Wildman–Crippen MR) is 84.3 cm³/mol. The van der Waals surface area contributed by atoms with Gasteiger partial charge in [0.15, 0.2) is 0 Å². The molecule has 2 aliphatic rings. The first-order chi connectivity index (χ1) is 10.2. The number of aryl methyl sites for hydroxylation is 1. The van der Waals surface area contributed by atoms with Crippen LogP contribution in [0.2, 0.25) is 0 Å². The summed E-state index contributed by atoms with van der Waals surface area (Å²) in [5.74, 6) is 1.13. The van der Waals surface area contributed by atoms with Crippen LogP contribution in [0.5, 0.6) is 0 Å². The fourth-order valence-corrected chi connectivity index (χ4v) is 3.56. The van der Waals surface area contributed by atoms with Crippen molar-refractivity contribution in [2.24, 2.45) is 5.41 Å². The van der Waals surface area contributed by atoms with Gasteiger partial charge >= 0.3 is 0 Å². The second-order valence-electron chi connectivity index (χ2n) is 6.86. The maximum absolute atomic E-state index is 4.34. The molecule has 2 aromatic rings. The van der Waals surface area contributed by atoms with E-state index in [0.29, 0.717) is 11.5 Å². The van der Waals surface area contributed by atoms with Crippen LogP contribution in [0.3, 0.4) is 0 Å². The molecule has 0 amide bonds. The molecule has 0 unspecified atom stereocenters. The zero-order valence-electron chi connectivity index (χ0n) is 12.7. The largest absolute Gasteiger partial charge is 0.335 e. The number of nitrogens with one attached hydrogen (secondary N) is 1. The van der Waals surface area contributed by atoms with Crippen molar-refractivity contribution in [2.45, 2.75) is 45.2 Å². The molecule has 0 radical (unpaired) electrons. The van der Waals surface area contributed by atoms with Crippen molar-refractivity contribution >= 4 is 0 Å². The van der Waals surface area contributed by atoms with Crippen LogP contribution in [0.15, 0.2) is 36.7 Å². The maximum Gasteiger partial charge on any atom is 0.105 e. The first kappa shape index (κ1) is 13.1. The number of aromatic nitrogens is 2. The smallest absolute Gasteiger partial charge is 0.105 e. The molecular formula is C18H23N3. The van der Waals surface area contributed by atoms with Gasteiger partial charge in [-0.1, -0.05) is 24.3 Å². The van der Waals surface area contributed by atoms with Crippen LogP contribution in [-0.2, 0) is 19.4 Å². The van der Waals surface area contributed by atoms with E-state index in [1.165, 1.54) is 36.8 Å². The molecule has 1 heterocycles. The van der Waals surface area contributed by atoms with Gasteiger partial charge in [-0.15, -0.1) is 0 Å². The van der Waals surface area contributed by atoms with E-state index in [1.807, 2.05) is 6.20 Å². The molecule has 4 rings (SSSR count). The lowest BCUT2D eigenvalue weighted by atomic mass is 10.1. The molecule has 2 aliphatic carbocycles. The molecule has 1 fully saturated rings. The molecule has 1 saturated carbocycles. The summed E-state index contributed by atoms with van der Waals surface area (Å²) in [4.78, 5) is 4.34. The summed E-state index contributed by atoms with van der Waals surface area (Å²) < 4.78 is 2.30. The third-order valence-electron chi connectivity index (χ3n) is 5.20. The van der Waals surface area contributed by atoms with Crippen molar-refractivity contribution in [3.05, 3.63) is 53.6 Å². The minimum Gasteiger partial charge on any atom is -0.335 e. The highest BCUT2D eigenvalue weighted by molar-refractivity contribution is 5.33. The quantitative estimate of drug-likeness (QED) is 0.913. The molecule has 0 spiro atoms. The molecule has 3 heteroatoms. The van der Waals surface area contributed by atoms with E-state index in [4.69, 9.17) is 0 Å². The molecule has 1 N–H and O–H groups in total. The molecule has 0 bridgehead atoms. The Hall–Kier alpha value is -1.61. The summed E-state index contributed by atoms with van der Waals surface area (Å²) in [6.07, 6.45) is 9.09. The SMILES string of the molecule is Cc1nccn1CC1(CNC2Cc3ccccc3C2)CC1. The lowest BCUT2D eigenvalue weighted by Gasteiger charge is -2.20. The second kappa shape index (κ2) is 4.99. The molecule has 1 aromatic heterocycles. The Balaban J connectivity index is 1.35. The minimum absolute atomic E-state index is 0.472. The van der Waals surface area contributed by atoms with Gasteiger partial charge in [-0.3, -0.25) is 0 Å². The average Bonchev–Trinajstić information content (AvgIpc) is 2.94. The van der Waals surface area contributed by atoms with E-state index in [9.17, 15) is 0 Å². The van der Waals surface area contributed by atoms with E-state index in [1.54, 1.807) is 0 Å². The summed E-state index contributed by atoms with van der Waals surface area (Å²) in [6.45, 7) is 4.35. The summed E-state index contributed by atoms with van der Waals surface area (Å²) in [6, 6.07) is 9.50. The summed E-state index contributed by atoms with van der Waals surface area (Å²) in [5.41, 5.74) is 3.54. The summed E-state index contributed by atoms with van der Waals surface area (Å²) in [5, 5.41) is 3.83. The van der Waals surface area contributed by atoms with Crippen LogP contribution >= 0.6 is 0 Å². The molecule has 1 aromatic carbocycles. The van der Waals surface area contributed by atoms with Gasteiger partial charge in [0.2, 0.25) is 0 Å². The molecule has 0 saturated heterocycles. The highest BCUT2D eigenvalue weighted by Crippen LogP contribution is 2.46. The monoisotopic (exact) mass is 281 g/mol. The van der Waals surface area contributed by atoms with Crippen molar-refractivity contribution in [3.63, 3.8) is 0 Å². The van der Waals surface area contributed by atoms with Crippen LogP contribution in [0.25, 0.3) is 0 Å². The van der Waals surface area contributed by atoms with Crippen molar-refractivity contribution < 1.29 is 0 Å². The number of fused-ring (bicyclic) bond motifs is 1. The van der Waals surface area contributed by atoms with Gasteiger partial charge in [0.05, 0.1) is 0 Å². The van der Waals surface area contributed by atoms with Crippen molar-refractivity contribution in [2.75, 3.05) is 6.54 Å². The van der Waals surface area contributed by atoms with E-state index in [2.05, 4.69) is 52.3 Å². The van der Waals surface area contributed by atoms with Crippen LogP contribution in [0.4, 0.5) is 0 Å². The Kier molecular flexibility index (Phi) is 3.11. The minimum atomic E-state index is 0.472. The zero-order chi connectivity index (χ0) is 14.3. The topological polar surface area (TPSA) is 29.9 Å². The van der Waals surface area contributed by atoms with Gasteiger partial charge < -0.3 is 9.88 Å². The number of rotatable bonds is 5. The predicted octanol–water partition coefficient (Wildman–Crippen LogP) is 2.73. The standard InChI is InChI=1S/C18H23N3/c1-14-19-8-9-21(14)13-18(6-7-18)12-20-17-10-15-4-2-3-5-16(15)11-17/h2-5,8-9,17,20H,6-7,10-13H2,1H3. The summed E-state index contributed by atoms with van der Waals surface area (Å²) in [7, 11) is 0. The molecular weight excluding hydrogens is 258 g/mol. The molecule has 110 valence electrons. The Morgan fingerprint density at radius 2 is 1.95 bits per heavy atom. The van der Waals surface area contributed by atoms with Crippen LogP contribution in [0.1, 0.15) is 29.8 Å². The van der Waals surface area contributed by atoms with Crippen molar-refractivity contribution in [3.8, 4) is 0 Å². The van der Waals surface area contributed by atoms with Crippen LogP contribution < -0.4 is 5.32 Å². The third-order valence-corrected chi connectivity index (χ3v) is 5.20. The van der Waals surface area contributed by atoms with E-state index in [0.717, 1.165) is 18.9 Å². The fourth-order valence-electron chi connectivity index (χ4n) is 3.56. The zero-order valence-corrected chi connectivity index (χ0v) is 12.7. The van der Waals surface area contributed by atoms with E-state index in [-0.39, 0.29) is 0 Å². The van der Waals surface area contributed by atoms with Crippen LogP contribution in [0, 0.1) is 12.3 Å². The number of benzene rings is 1. The van der Waals surface area contributed by atoms with E-state index < -0.39 is 0 Å². The Morgan fingerprint density at radius 3 is 2.52 bits per heavy atom. The number of nitrogens with zero attached hydrogens (tertiary/aromatic N) is 2. The van der Waals surface area contributed by atoms with Gasteiger partial charge in [-0.05, 0) is 43.7 Å². The van der Waals surface area contributed by atoms with E-state index >= 15 is 0 Å². The number of hydrogen-bond donors (Lipinski definition) is 1. The molecule has 3 nitrogen and oxygen atoms in total. The van der Waals surface area contributed by atoms with Gasteiger partial charge in [0.25, 0.3) is 0 Å². The van der Waals surface area contributed by atoms with Gasteiger partial charge in [0, 0.05) is 36.9 Å². The van der Waals surface area contributed by atoms with Gasteiger partial charge in [-0.2, -0.15) is 0 Å². The number of imidazole rings is 1. The normalized spacial score (nSPS) is 19.7. The molecule has 0 aliphatic heterocycles. The second-order valence-corrected chi connectivity index (χ2v) is 6.86. The summed E-state index contributed by atoms with van der Waals surface area (Å²) >= 11 is 0. The fraction of sp³-hybridized carbons (Fsp3) is 0.500. The lowest BCUT2D eigenvalue weighted by Crippen LogP contribution is -2.36. The Bertz CT molecular complexity index is 614. The first-order valence-corrected chi connectivity index (χ1v) is 8.02. The average molecular weight is 281 g/mol. The molecule has 0 atom stereocenters. The Morgan fingerprint density at radius 1 is 1.24 bits per heavy atom.